The molecule has 1 rings (SSSR count). The molecule has 0 amide bonds. The second kappa shape index (κ2) is 3.53. The van der Waals surface area contributed by atoms with E-state index in [0.29, 0.717) is 5.56 Å². The van der Waals surface area contributed by atoms with Crippen LogP contribution < -0.4 is 4.72 Å². The van der Waals surface area contributed by atoms with E-state index < -0.39 is 16.7 Å². The quantitative estimate of drug-likeness (QED) is 0.684. The highest BCUT2D eigenvalue weighted by Crippen LogP contribution is 2.12. The summed E-state index contributed by atoms with van der Waals surface area (Å²) in [6.45, 7) is 1.69. The summed E-state index contributed by atoms with van der Waals surface area (Å²) in [7, 11) is -2.72. The number of nitrogens with one attached hydrogen (secondary N) is 1. The normalized spacial score (nSPS) is 10.2. The van der Waals surface area contributed by atoms with Gasteiger partial charge in [0.15, 0.2) is 0 Å². The van der Waals surface area contributed by atoms with E-state index in [0.717, 1.165) is 6.07 Å². The van der Waals surface area contributed by atoms with Gasteiger partial charge < -0.3 is 0 Å². The van der Waals surface area contributed by atoms with Gasteiger partial charge in [0.25, 0.3) is 0 Å². The van der Waals surface area contributed by atoms with Crippen molar-refractivity contribution in [3.05, 3.63) is 29.6 Å². The second-order valence-electron chi connectivity index (χ2n) is 2.39. The molecule has 66 valence electrons. The van der Waals surface area contributed by atoms with E-state index in [-0.39, 0.29) is 5.69 Å². The maximum atomic E-state index is 12.6. The highest BCUT2D eigenvalue weighted by molar-refractivity contribution is 7.73. The number of rotatable bonds is 2. The first-order valence-electron chi connectivity index (χ1n) is 3.26. The number of halogens is 1. The van der Waals surface area contributed by atoms with Gasteiger partial charge >= 0.3 is 0 Å². The van der Waals surface area contributed by atoms with Crippen molar-refractivity contribution in [2.75, 3.05) is 4.72 Å². The van der Waals surface area contributed by atoms with Gasteiger partial charge in [-0.15, -0.1) is 0 Å². The van der Waals surface area contributed by atoms with Crippen LogP contribution >= 0.6 is 0 Å². The molecule has 3 nitrogen and oxygen atoms in total. The molecule has 0 unspecified atom stereocenters. The highest BCUT2D eigenvalue weighted by Gasteiger charge is 1.96. The summed E-state index contributed by atoms with van der Waals surface area (Å²) in [5.74, 6) is -0.450. The molecule has 0 aromatic heterocycles. The lowest BCUT2D eigenvalue weighted by atomic mass is 10.2. The van der Waals surface area contributed by atoms with E-state index in [1.165, 1.54) is 6.07 Å². The second-order valence-corrected chi connectivity index (χ2v) is 3.12. The Kier molecular flexibility index (Phi) is 2.65. The molecule has 0 atom stereocenters. The van der Waals surface area contributed by atoms with Gasteiger partial charge in [-0.1, -0.05) is 0 Å². The third-order valence-corrected chi connectivity index (χ3v) is 1.70. The Morgan fingerprint density at radius 1 is 1.33 bits per heavy atom. The smallest absolute Gasteiger partial charge is 0.222 e. The van der Waals surface area contributed by atoms with Gasteiger partial charge in [-0.05, 0) is 30.7 Å². The molecule has 0 heterocycles. The third kappa shape index (κ3) is 2.50. The molecule has 0 aliphatic carbocycles. The lowest BCUT2D eigenvalue weighted by Gasteiger charge is -1.99. The van der Waals surface area contributed by atoms with E-state index in [1.54, 1.807) is 13.0 Å². The maximum absolute atomic E-state index is 12.6. The van der Waals surface area contributed by atoms with E-state index in [2.05, 4.69) is 4.72 Å². The van der Waals surface area contributed by atoms with Crippen molar-refractivity contribution < 1.29 is 12.8 Å². The summed E-state index contributed by atoms with van der Waals surface area (Å²) in [6.07, 6.45) is 0. The minimum Gasteiger partial charge on any atom is -0.286 e. The molecule has 1 N–H and O–H groups in total. The zero-order chi connectivity index (χ0) is 9.14. The third-order valence-electron chi connectivity index (χ3n) is 1.26. The van der Waals surface area contributed by atoms with Gasteiger partial charge in [0.2, 0.25) is 10.9 Å². The van der Waals surface area contributed by atoms with Crippen molar-refractivity contribution >= 4 is 16.6 Å². The van der Waals surface area contributed by atoms with Gasteiger partial charge in [-0.2, -0.15) is 0 Å². The van der Waals surface area contributed by atoms with Crippen LogP contribution in [0.5, 0.6) is 0 Å². The van der Waals surface area contributed by atoms with Crippen molar-refractivity contribution in [2.24, 2.45) is 0 Å². The van der Waals surface area contributed by atoms with Crippen LogP contribution in [0.4, 0.5) is 10.1 Å². The van der Waals surface area contributed by atoms with Crippen molar-refractivity contribution in [1.29, 1.82) is 0 Å². The number of benzene rings is 1. The standard InChI is InChI=1S/C7H8FNO2S/c1-5-2-6(8)4-7(3-5)9-12(10)11/h2-4,12H,1H3,(H,9,10,11). The van der Waals surface area contributed by atoms with Crippen LogP contribution in [0.2, 0.25) is 0 Å². The summed E-state index contributed by atoms with van der Waals surface area (Å²) in [5, 5.41) is 0. The van der Waals surface area contributed by atoms with Crippen molar-refractivity contribution in [1.82, 2.24) is 0 Å². The SMILES string of the molecule is Cc1cc(F)cc(N[SH](=O)=O)c1. The number of aryl methyl sites for hydroxylation is 1. The Balaban J connectivity index is 3.00. The molecule has 0 radical (unpaired) electrons. The molecular formula is C7H8FNO2S. The monoisotopic (exact) mass is 189 g/mol. The molecule has 0 saturated heterocycles. The average Bonchev–Trinajstić information content (AvgIpc) is 1.81. The lowest BCUT2D eigenvalue weighted by Crippen LogP contribution is -1.95. The molecule has 1 aromatic carbocycles. The molecule has 0 aliphatic rings. The fourth-order valence-electron chi connectivity index (χ4n) is 0.906. The minimum absolute atomic E-state index is 0.253. The molecule has 5 heteroatoms. The fraction of sp³-hybridized carbons (Fsp3) is 0.143. The molecule has 0 spiro atoms. The zero-order valence-corrected chi connectivity index (χ0v) is 7.27. The summed E-state index contributed by atoms with van der Waals surface area (Å²) in [5.41, 5.74) is 0.929. The van der Waals surface area contributed by atoms with Crippen molar-refractivity contribution in [3.63, 3.8) is 0 Å². The maximum Gasteiger partial charge on any atom is 0.222 e. The summed E-state index contributed by atoms with van der Waals surface area (Å²) < 4.78 is 35.1. The van der Waals surface area contributed by atoms with Gasteiger partial charge in [0.05, 0.1) is 5.69 Å². The van der Waals surface area contributed by atoms with Gasteiger partial charge in [-0.25, -0.2) is 12.8 Å². The molecular weight excluding hydrogens is 181 g/mol. The van der Waals surface area contributed by atoms with Crippen LogP contribution in [0.25, 0.3) is 0 Å². The minimum atomic E-state index is -2.72. The molecule has 0 aliphatic heterocycles. The molecule has 12 heavy (non-hydrogen) atoms. The van der Waals surface area contributed by atoms with E-state index in [9.17, 15) is 12.8 Å². The van der Waals surface area contributed by atoms with Crippen molar-refractivity contribution in [3.8, 4) is 0 Å². The Hall–Kier alpha value is -1.10. The molecule has 0 fully saturated rings. The van der Waals surface area contributed by atoms with Crippen LogP contribution in [-0.4, -0.2) is 8.42 Å². The van der Waals surface area contributed by atoms with Gasteiger partial charge in [-0.3, -0.25) is 4.72 Å². The Bertz CT molecular complexity index is 334. The molecule has 1 aromatic rings. The Labute approximate surface area is 71.3 Å². The lowest BCUT2D eigenvalue weighted by molar-refractivity contribution is 0.618. The predicted molar refractivity (Wildman–Crippen MR) is 45.1 cm³/mol. The van der Waals surface area contributed by atoms with E-state index in [4.69, 9.17) is 0 Å². The highest BCUT2D eigenvalue weighted by atomic mass is 32.2. The number of thiol groups is 1. The van der Waals surface area contributed by atoms with Crippen LogP contribution in [0.1, 0.15) is 5.56 Å². The number of hydrogen-bond donors (Lipinski definition) is 2. The Morgan fingerprint density at radius 2 is 2.00 bits per heavy atom. The van der Waals surface area contributed by atoms with Crippen LogP contribution in [0.3, 0.4) is 0 Å². The first kappa shape index (κ1) is 8.99. The van der Waals surface area contributed by atoms with Gasteiger partial charge in [0.1, 0.15) is 5.82 Å². The first-order valence-corrected chi connectivity index (χ1v) is 4.44. The average molecular weight is 189 g/mol. The van der Waals surface area contributed by atoms with Crippen LogP contribution in [0, 0.1) is 12.7 Å². The number of anilines is 1. The molecule has 0 saturated carbocycles. The van der Waals surface area contributed by atoms with E-state index in [1.807, 2.05) is 0 Å². The van der Waals surface area contributed by atoms with E-state index >= 15 is 0 Å². The fourth-order valence-corrected chi connectivity index (χ4v) is 1.25. The Morgan fingerprint density at radius 3 is 2.50 bits per heavy atom. The summed E-state index contributed by atoms with van der Waals surface area (Å²) >= 11 is 0. The largest absolute Gasteiger partial charge is 0.286 e. The first-order chi connectivity index (χ1) is 5.58. The predicted octanol–water partition coefficient (Wildman–Crippen LogP) is 1.07. The summed E-state index contributed by atoms with van der Waals surface area (Å²) in [4.78, 5) is 0. The summed E-state index contributed by atoms with van der Waals surface area (Å²) in [6, 6.07) is 4.00. The van der Waals surface area contributed by atoms with Crippen molar-refractivity contribution in [2.45, 2.75) is 6.92 Å². The topological polar surface area (TPSA) is 46.2 Å². The van der Waals surface area contributed by atoms with Gasteiger partial charge in [0, 0.05) is 0 Å². The molecule has 0 bridgehead atoms. The van der Waals surface area contributed by atoms with Crippen LogP contribution in [-0.2, 0) is 10.9 Å². The zero-order valence-electron chi connectivity index (χ0n) is 6.37. The van der Waals surface area contributed by atoms with Crippen LogP contribution in [0.15, 0.2) is 18.2 Å². The number of hydrogen-bond acceptors (Lipinski definition) is 2.